The van der Waals surface area contributed by atoms with Gasteiger partial charge in [-0.15, -0.1) is 0 Å². The van der Waals surface area contributed by atoms with Crippen LogP contribution in [0, 0.1) is 0 Å². The van der Waals surface area contributed by atoms with Crippen LogP contribution in [-0.2, 0) is 0 Å². The van der Waals surface area contributed by atoms with Crippen LogP contribution >= 0.6 is 0 Å². The molecule has 0 aliphatic rings. The minimum absolute atomic E-state index is 0.908. The molecule has 1 rings (SSSR count). The predicted molar refractivity (Wildman–Crippen MR) is 88.2 cm³/mol. The van der Waals surface area contributed by atoms with Gasteiger partial charge in [-0.05, 0) is 44.0 Å². The number of para-hydroxylation sites is 1. The summed E-state index contributed by atoms with van der Waals surface area (Å²) < 4.78 is 0. The molecule has 4 nitrogen and oxygen atoms in total. The Balaban J connectivity index is 2.49. The molecule has 0 amide bonds. The Bertz CT molecular complexity index is 449. The van der Waals surface area contributed by atoms with Gasteiger partial charge in [0.1, 0.15) is 0 Å². The lowest BCUT2D eigenvalue weighted by Crippen LogP contribution is -2.20. The van der Waals surface area contributed by atoms with Crippen molar-refractivity contribution in [3.63, 3.8) is 0 Å². The van der Waals surface area contributed by atoms with Gasteiger partial charge in [-0.25, -0.2) is 0 Å². The number of nitrogens with one attached hydrogen (secondary N) is 2. The zero-order chi connectivity index (χ0) is 14.6. The monoisotopic (exact) mass is 272 g/mol. The maximum absolute atomic E-state index is 4.43. The van der Waals surface area contributed by atoms with Gasteiger partial charge in [0.15, 0.2) is 0 Å². The SMILES string of the molecule is C/C=C(\C=C/NCCNC)/C=N/N(C)c1ccccc1. The smallest absolute Gasteiger partial charge is 0.0590 e. The number of rotatable bonds is 8. The summed E-state index contributed by atoms with van der Waals surface area (Å²) in [6, 6.07) is 10.1. The Morgan fingerprint density at radius 3 is 2.65 bits per heavy atom. The van der Waals surface area contributed by atoms with Gasteiger partial charge in [-0.3, -0.25) is 5.01 Å². The second-order valence-electron chi connectivity index (χ2n) is 4.28. The molecule has 4 heteroatoms. The van der Waals surface area contributed by atoms with Gasteiger partial charge >= 0.3 is 0 Å². The van der Waals surface area contributed by atoms with Crippen LogP contribution in [0.3, 0.4) is 0 Å². The van der Waals surface area contributed by atoms with E-state index in [1.807, 2.05) is 80.9 Å². The Morgan fingerprint density at radius 2 is 2.00 bits per heavy atom. The van der Waals surface area contributed by atoms with E-state index in [1.165, 1.54) is 0 Å². The first-order chi connectivity index (χ1) is 9.77. The van der Waals surface area contributed by atoms with Gasteiger partial charge in [0.2, 0.25) is 0 Å². The molecule has 0 atom stereocenters. The number of benzene rings is 1. The van der Waals surface area contributed by atoms with E-state index in [4.69, 9.17) is 0 Å². The molecule has 0 aliphatic carbocycles. The number of hydrogen-bond donors (Lipinski definition) is 2. The summed E-state index contributed by atoms with van der Waals surface area (Å²) in [7, 11) is 3.88. The zero-order valence-electron chi connectivity index (χ0n) is 12.5. The third kappa shape index (κ3) is 6.20. The van der Waals surface area contributed by atoms with Crippen LogP contribution in [0.2, 0.25) is 0 Å². The van der Waals surface area contributed by atoms with Crippen molar-refractivity contribution in [3.05, 3.63) is 54.3 Å². The lowest BCUT2D eigenvalue weighted by atomic mass is 10.3. The summed E-state index contributed by atoms with van der Waals surface area (Å²) in [6.45, 7) is 3.85. The van der Waals surface area contributed by atoms with Crippen molar-refractivity contribution in [1.82, 2.24) is 10.6 Å². The molecule has 0 saturated carbocycles. The number of anilines is 1. The molecular weight excluding hydrogens is 248 g/mol. The summed E-state index contributed by atoms with van der Waals surface area (Å²) in [6.07, 6.45) is 7.83. The highest BCUT2D eigenvalue weighted by Gasteiger charge is 1.95. The van der Waals surface area contributed by atoms with Gasteiger partial charge in [-0.1, -0.05) is 24.3 Å². The average Bonchev–Trinajstić information content (AvgIpc) is 2.50. The number of allylic oxidation sites excluding steroid dienone is 3. The number of hydrogen-bond acceptors (Lipinski definition) is 4. The molecule has 0 heterocycles. The van der Waals surface area contributed by atoms with E-state index in [0.717, 1.165) is 24.4 Å². The number of hydrazone groups is 1. The van der Waals surface area contributed by atoms with E-state index >= 15 is 0 Å². The Hall–Kier alpha value is -2.07. The molecule has 20 heavy (non-hydrogen) atoms. The van der Waals surface area contributed by atoms with Gasteiger partial charge in [-0.2, -0.15) is 5.10 Å². The van der Waals surface area contributed by atoms with Crippen molar-refractivity contribution in [1.29, 1.82) is 0 Å². The molecule has 0 fully saturated rings. The van der Waals surface area contributed by atoms with Crippen molar-refractivity contribution in [2.24, 2.45) is 5.10 Å². The van der Waals surface area contributed by atoms with Gasteiger partial charge in [0.25, 0.3) is 0 Å². The van der Waals surface area contributed by atoms with Gasteiger partial charge < -0.3 is 10.6 Å². The molecule has 0 aliphatic heterocycles. The predicted octanol–water partition coefficient (Wildman–Crippen LogP) is 2.38. The lowest BCUT2D eigenvalue weighted by molar-refractivity contribution is 0.740. The maximum Gasteiger partial charge on any atom is 0.0590 e. The van der Waals surface area contributed by atoms with Crippen LogP contribution < -0.4 is 15.6 Å². The summed E-state index contributed by atoms with van der Waals surface area (Å²) in [5.41, 5.74) is 2.13. The van der Waals surface area contributed by atoms with E-state index in [1.54, 1.807) is 0 Å². The third-order valence-corrected chi connectivity index (χ3v) is 2.76. The van der Waals surface area contributed by atoms with Crippen molar-refractivity contribution >= 4 is 11.9 Å². The molecular formula is C16H24N4. The summed E-state index contributed by atoms with van der Waals surface area (Å²) in [5, 5.41) is 12.6. The molecule has 0 aromatic heterocycles. The van der Waals surface area contributed by atoms with Crippen LogP contribution in [0.25, 0.3) is 0 Å². The summed E-state index contributed by atoms with van der Waals surface area (Å²) in [5.74, 6) is 0. The van der Waals surface area contributed by atoms with Crippen molar-refractivity contribution in [2.45, 2.75) is 6.92 Å². The molecule has 0 bridgehead atoms. The van der Waals surface area contributed by atoms with Crippen LogP contribution in [0.5, 0.6) is 0 Å². The van der Waals surface area contributed by atoms with E-state index in [2.05, 4.69) is 15.7 Å². The summed E-state index contributed by atoms with van der Waals surface area (Å²) >= 11 is 0. The number of likely N-dealkylation sites (N-methyl/N-ethyl adjacent to an activating group) is 1. The van der Waals surface area contributed by atoms with Crippen molar-refractivity contribution in [2.75, 3.05) is 32.2 Å². The normalized spacial score (nSPS) is 12.2. The molecule has 1 aromatic rings. The largest absolute Gasteiger partial charge is 0.390 e. The van der Waals surface area contributed by atoms with Gasteiger partial charge in [0, 0.05) is 20.1 Å². The fourth-order valence-electron chi connectivity index (χ4n) is 1.51. The molecule has 0 radical (unpaired) electrons. The lowest BCUT2D eigenvalue weighted by Gasteiger charge is -2.12. The first-order valence-electron chi connectivity index (χ1n) is 6.81. The van der Waals surface area contributed by atoms with Gasteiger partial charge in [0.05, 0.1) is 11.9 Å². The summed E-state index contributed by atoms with van der Waals surface area (Å²) in [4.78, 5) is 0. The molecule has 108 valence electrons. The Morgan fingerprint density at radius 1 is 1.25 bits per heavy atom. The second-order valence-corrected chi connectivity index (χ2v) is 4.28. The molecule has 1 aromatic carbocycles. The van der Waals surface area contributed by atoms with E-state index in [-0.39, 0.29) is 0 Å². The maximum atomic E-state index is 4.43. The number of nitrogens with zero attached hydrogens (tertiary/aromatic N) is 2. The first kappa shape index (κ1) is 16.0. The average molecular weight is 272 g/mol. The quantitative estimate of drug-likeness (QED) is 0.330. The Kier molecular flexibility index (Phi) is 7.84. The van der Waals surface area contributed by atoms with Crippen LogP contribution in [0.1, 0.15) is 6.92 Å². The second kappa shape index (κ2) is 9.81. The molecule has 0 spiro atoms. The third-order valence-electron chi connectivity index (χ3n) is 2.76. The highest BCUT2D eigenvalue weighted by atomic mass is 15.4. The molecule has 0 saturated heterocycles. The van der Waals surface area contributed by atoms with E-state index in [9.17, 15) is 0 Å². The van der Waals surface area contributed by atoms with E-state index < -0.39 is 0 Å². The first-order valence-corrected chi connectivity index (χ1v) is 6.81. The zero-order valence-corrected chi connectivity index (χ0v) is 12.5. The van der Waals surface area contributed by atoms with Crippen molar-refractivity contribution in [3.8, 4) is 0 Å². The molecule has 2 N–H and O–H groups in total. The highest BCUT2D eigenvalue weighted by molar-refractivity contribution is 5.82. The minimum Gasteiger partial charge on any atom is -0.390 e. The molecule has 0 unspecified atom stereocenters. The van der Waals surface area contributed by atoms with Crippen molar-refractivity contribution < 1.29 is 0 Å². The fourth-order valence-corrected chi connectivity index (χ4v) is 1.51. The van der Waals surface area contributed by atoms with Crippen LogP contribution in [0.4, 0.5) is 5.69 Å². The highest BCUT2D eigenvalue weighted by Crippen LogP contribution is 2.10. The van der Waals surface area contributed by atoms with Crippen LogP contribution in [-0.4, -0.2) is 33.4 Å². The topological polar surface area (TPSA) is 39.7 Å². The Labute approximate surface area is 121 Å². The van der Waals surface area contributed by atoms with E-state index in [0.29, 0.717) is 0 Å². The minimum atomic E-state index is 0.908. The van der Waals surface area contributed by atoms with Crippen LogP contribution in [0.15, 0.2) is 59.4 Å². The fraction of sp³-hybridized carbons (Fsp3) is 0.312. The standard InChI is InChI=1S/C16H24N4/c1-4-15(10-11-18-13-12-17-2)14-19-20(3)16-8-6-5-7-9-16/h4-11,14,17-18H,12-13H2,1-3H3/b11-10-,15-4+,19-14+.